The van der Waals surface area contributed by atoms with Crippen LogP contribution in [0.1, 0.15) is 37.6 Å². The second kappa shape index (κ2) is 9.20. The summed E-state index contributed by atoms with van der Waals surface area (Å²) in [5.74, 6) is -0.191. The molecule has 0 aliphatic carbocycles. The number of pyridine rings is 1. The van der Waals surface area contributed by atoms with Crippen molar-refractivity contribution in [3.05, 3.63) is 64.2 Å². The quantitative estimate of drug-likeness (QED) is 0.365. The van der Waals surface area contributed by atoms with Crippen LogP contribution in [0.4, 0.5) is 17.6 Å². The fraction of sp³-hybridized carbons (Fsp3) is 0.294. The van der Waals surface area contributed by atoms with Gasteiger partial charge in [0.15, 0.2) is 0 Å². The number of alkyl halides is 3. The first-order valence-electron chi connectivity index (χ1n) is 7.26. The van der Waals surface area contributed by atoms with Gasteiger partial charge in [-0.1, -0.05) is 32.4 Å². The molecule has 0 unspecified atom stereocenters. The molecule has 0 spiro atoms. The molecule has 0 bridgehead atoms. The minimum atomic E-state index is -4.66. The number of thiol groups is 1. The summed E-state index contributed by atoms with van der Waals surface area (Å²) in [5.41, 5.74) is -0.943. The van der Waals surface area contributed by atoms with E-state index in [-0.39, 0.29) is 17.0 Å². The van der Waals surface area contributed by atoms with Crippen molar-refractivity contribution >= 4 is 30.1 Å². The Labute approximate surface area is 154 Å². The zero-order chi connectivity index (χ0) is 19.2. The predicted octanol–water partition coefficient (Wildman–Crippen LogP) is 6.24. The number of halogens is 5. The van der Waals surface area contributed by atoms with Gasteiger partial charge in [-0.2, -0.15) is 13.2 Å². The standard InChI is InChI=1S/C13H7ClF4N2S.C4H10/c14-9-1-2-11(19-6-9)12(20-21)7-3-8(13(16,17)18)5-10(15)4-7;1-4(2)3/h1-6,21H;4H,1-3H3/b20-12-;. The second-order valence-electron chi connectivity index (χ2n) is 5.77. The first-order valence-corrected chi connectivity index (χ1v) is 8.04. The van der Waals surface area contributed by atoms with Crippen LogP contribution in [0.25, 0.3) is 0 Å². The monoisotopic (exact) mass is 392 g/mol. The zero-order valence-electron chi connectivity index (χ0n) is 13.8. The Balaban J connectivity index is 0.000000705. The Kier molecular flexibility index (Phi) is 7.89. The van der Waals surface area contributed by atoms with Gasteiger partial charge in [-0.25, -0.2) is 8.79 Å². The third kappa shape index (κ3) is 7.04. The molecule has 0 N–H and O–H groups in total. The van der Waals surface area contributed by atoms with E-state index in [0.717, 1.165) is 18.1 Å². The van der Waals surface area contributed by atoms with Crippen LogP contribution < -0.4 is 0 Å². The number of nitrogens with zero attached hydrogens (tertiary/aromatic N) is 2. The van der Waals surface area contributed by atoms with Gasteiger partial charge in [-0.3, -0.25) is 4.98 Å². The van der Waals surface area contributed by atoms with Gasteiger partial charge in [0.1, 0.15) is 11.5 Å². The lowest BCUT2D eigenvalue weighted by molar-refractivity contribution is -0.137. The molecule has 1 aromatic carbocycles. The van der Waals surface area contributed by atoms with Crippen LogP contribution in [0.3, 0.4) is 0 Å². The minimum Gasteiger partial charge on any atom is -0.253 e. The van der Waals surface area contributed by atoms with Crippen molar-refractivity contribution in [2.45, 2.75) is 26.9 Å². The molecule has 8 heteroatoms. The maximum atomic E-state index is 13.4. The molecule has 1 aromatic heterocycles. The van der Waals surface area contributed by atoms with Crippen molar-refractivity contribution in [2.75, 3.05) is 0 Å². The second-order valence-corrected chi connectivity index (χ2v) is 6.41. The highest BCUT2D eigenvalue weighted by Crippen LogP contribution is 2.31. The first kappa shape index (κ1) is 21.4. The molecule has 0 fully saturated rings. The number of benzene rings is 1. The number of hydrogen-bond donors (Lipinski definition) is 1. The van der Waals surface area contributed by atoms with E-state index in [1.807, 2.05) is 0 Å². The molecule has 2 aromatic rings. The highest BCUT2D eigenvalue weighted by molar-refractivity contribution is 7.79. The van der Waals surface area contributed by atoms with Crippen molar-refractivity contribution < 1.29 is 17.6 Å². The molecule has 1 heterocycles. The SMILES string of the molecule is CC(C)C.Fc1cc(/C(=N/S)c2ccc(Cl)cn2)cc(C(F)(F)F)c1. The van der Waals surface area contributed by atoms with E-state index < -0.39 is 17.6 Å². The number of rotatable bonds is 2. The molecule has 25 heavy (non-hydrogen) atoms. The maximum absolute atomic E-state index is 13.4. The summed E-state index contributed by atoms with van der Waals surface area (Å²) in [6.45, 7) is 6.50. The number of hydrogen-bond acceptors (Lipinski definition) is 3. The zero-order valence-corrected chi connectivity index (χ0v) is 15.4. The summed E-state index contributed by atoms with van der Waals surface area (Å²) >= 11 is 9.40. The first-order chi connectivity index (χ1) is 11.5. The largest absolute Gasteiger partial charge is 0.416 e. The summed E-state index contributed by atoms with van der Waals surface area (Å²) in [6.07, 6.45) is -3.36. The van der Waals surface area contributed by atoms with Gasteiger partial charge >= 0.3 is 6.18 Å². The molecule has 136 valence electrons. The van der Waals surface area contributed by atoms with Crippen LogP contribution in [0.5, 0.6) is 0 Å². The highest BCUT2D eigenvalue weighted by atomic mass is 35.5. The van der Waals surface area contributed by atoms with Crippen LogP contribution >= 0.6 is 24.4 Å². The van der Waals surface area contributed by atoms with Crippen molar-refractivity contribution in [2.24, 2.45) is 10.3 Å². The Bertz CT molecular complexity index is 726. The van der Waals surface area contributed by atoms with E-state index in [4.69, 9.17) is 11.6 Å². The molecule has 0 atom stereocenters. The molecular formula is C17H17ClF4N2S. The Morgan fingerprint density at radius 2 is 1.76 bits per heavy atom. The van der Waals surface area contributed by atoms with Crippen LogP contribution in [-0.2, 0) is 6.18 Å². The molecule has 0 saturated carbocycles. The van der Waals surface area contributed by atoms with E-state index in [1.165, 1.54) is 18.3 Å². The molecule has 0 saturated heterocycles. The van der Waals surface area contributed by atoms with Crippen LogP contribution in [0, 0.1) is 11.7 Å². The smallest absolute Gasteiger partial charge is 0.253 e. The highest BCUT2D eigenvalue weighted by Gasteiger charge is 2.31. The van der Waals surface area contributed by atoms with Gasteiger partial charge in [-0.15, -0.1) is 0 Å². The molecule has 0 aliphatic rings. The topological polar surface area (TPSA) is 25.2 Å². The fourth-order valence-electron chi connectivity index (χ4n) is 1.66. The minimum absolute atomic E-state index is 0.0139. The van der Waals surface area contributed by atoms with Crippen LogP contribution in [-0.4, -0.2) is 10.7 Å². The maximum Gasteiger partial charge on any atom is 0.416 e. The lowest BCUT2D eigenvalue weighted by atomic mass is 10.0. The average molecular weight is 393 g/mol. The molecular weight excluding hydrogens is 376 g/mol. The fourth-order valence-corrected chi connectivity index (χ4v) is 1.99. The van der Waals surface area contributed by atoms with E-state index in [0.29, 0.717) is 11.1 Å². The van der Waals surface area contributed by atoms with Gasteiger partial charge in [0.2, 0.25) is 0 Å². The van der Waals surface area contributed by atoms with Gasteiger partial charge < -0.3 is 0 Å². The van der Waals surface area contributed by atoms with E-state index in [1.54, 1.807) is 0 Å². The van der Waals surface area contributed by atoms with Gasteiger partial charge in [0.25, 0.3) is 0 Å². The third-order valence-corrected chi connectivity index (χ3v) is 2.99. The normalized spacial score (nSPS) is 12.0. The summed E-state index contributed by atoms with van der Waals surface area (Å²) in [5, 5.41) is 0.354. The lowest BCUT2D eigenvalue weighted by Gasteiger charge is -2.10. The summed E-state index contributed by atoms with van der Waals surface area (Å²) in [4.78, 5) is 3.93. The summed E-state index contributed by atoms with van der Waals surface area (Å²) < 4.78 is 55.1. The van der Waals surface area contributed by atoms with Gasteiger partial charge in [-0.05, 0) is 49.1 Å². The molecule has 0 amide bonds. The average Bonchev–Trinajstić information content (AvgIpc) is 2.48. The summed E-state index contributed by atoms with van der Waals surface area (Å²) in [7, 11) is 0. The summed E-state index contributed by atoms with van der Waals surface area (Å²) in [6, 6.07) is 5.08. The van der Waals surface area contributed by atoms with Crippen LogP contribution in [0.2, 0.25) is 5.02 Å². The van der Waals surface area contributed by atoms with Gasteiger partial charge in [0.05, 0.1) is 16.3 Å². The van der Waals surface area contributed by atoms with E-state index in [9.17, 15) is 17.6 Å². The van der Waals surface area contributed by atoms with E-state index in [2.05, 4.69) is 43.0 Å². The van der Waals surface area contributed by atoms with Gasteiger partial charge in [0, 0.05) is 11.8 Å². The molecule has 2 rings (SSSR count). The Morgan fingerprint density at radius 3 is 2.20 bits per heavy atom. The van der Waals surface area contributed by atoms with Crippen molar-refractivity contribution in [1.29, 1.82) is 0 Å². The Hall–Kier alpha value is -1.60. The van der Waals surface area contributed by atoms with Crippen LogP contribution in [0.15, 0.2) is 40.9 Å². The third-order valence-electron chi connectivity index (χ3n) is 2.57. The lowest BCUT2D eigenvalue weighted by Crippen LogP contribution is -2.10. The van der Waals surface area contributed by atoms with Crippen molar-refractivity contribution in [3.8, 4) is 0 Å². The Morgan fingerprint density at radius 1 is 1.16 bits per heavy atom. The van der Waals surface area contributed by atoms with E-state index >= 15 is 0 Å². The molecule has 0 radical (unpaired) electrons. The molecule has 0 aliphatic heterocycles. The predicted molar refractivity (Wildman–Crippen MR) is 95.8 cm³/mol. The number of aromatic nitrogens is 1. The van der Waals surface area contributed by atoms with Crippen molar-refractivity contribution in [3.63, 3.8) is 0 Å². The molecule has 2 nitrogen and oxygen atoms in total. The van der Waals surface area contributed by atoms with Crippen molar-refractivity contribution in [1.82, 2.24) is 4.98 Å².